The Balaban J connectivity index is 1.44. The van der Waals surface area contributed by atoms with Crippen LogP contribution in [0.15, 0.2) is 36.5 Å². The molecule has 1 aliphatic carbocycles. The number of rotatable bonds is 8. The highest BCUT2D eigenvalue weighted by atomic mass is 16.5. The van der Waals surface area contributed by atoms with Crippen molar-refractivity contribution < 1.29 is 14.3 Å². The highest BCUT2D eigenvalue weighted by molar-refractivity contribution is 5.91. The van der Waals surface area contributed by atoms with Crippen molar-refractivity contribution in [1.29, 1.82) is 0 Å². The molecule has 156 valence electrons. The van der Waals surface area contributed by atoms with Crippen molar-refractivity contribution in [1.82, 2.24) is 25.2 Å². The van der Waals surface area contributed by atoms with E-state index in [2.05, 4.69) is 15.6 Å². The number of ether oxygens (including phenoxy) is 1. The molecule has 0 unspecified atom stereocenters. The molecule has 2 amide bonds. The molecule has 3 rings (SSSR count). The van der Waals surface area contributed by atoms with Crippen molar-refractivity contribution in [2.45, 2.75) is 51.6 Å². The molecule has 8 nitrogen and oxygen atoms in total. The first kappa shape index (κ1) is 20.8. The van der Waals surface area contributed by atoms with E-state index >= 15 is 0 Å². The molecule has 1 aromatic carbocycles. The number of hydrogen-bond donors (Lipinski definition) is 1. The van der Waals surface area contributed by atoms with Gasteiger partial charge in [0.05, 0.1) is 12.2 Å². The Morgan fingerprint density at radius 1 is 1.14 bits per heavy atom. The average molecular weight is 399 g/mol. The van der Waals surface area contributed by atoms with Crippen LogP contribution in [-0.4, -0.2) is 57.4 Å². The summed E-state index contributed by atoms with van der Waals surface area (Å²) in [5.74, 6) is 0.499. The van der Waals surface area contributed by atoms with E-state index in [-0.39, 0.29) is 30.5 Å². The molecular weight excluding hydrogens is 370 g/mol. The quantitative estimate of drug-likeness (QED) is 0.736. The number of para-hydroxylation sites is 1. The Bertz CT molecular complexity index is 796. The minimum absolute atomic E-state index is 0.0177. The smallest absolute Gasteiger partial charge is 0.276 e. The lowest BCUT2D eigenvalue weighted by molar-refractivity contribution is -0.124. The molecule has 1 fully saturated rings. The number of amides is 2. The summed E-state index contributed by atoms with van der Waals surface area (Å²) < 4.78 is 7.29. The van der Waals surface area contributed by atoms with Gasteiger partial charge in [0.1, 0.15) is 5.75 Å². The van der Waals surface area contributed by atoms with Crippen molar-refractivity contribution in [2.75, 3.05) is 19.7 Å². The van der Waals surface area contributed by atoms with Gasteiger partial charge in [-0.2, -0.15) is 0 Å². The number of aromatic nitrogens is 3. The highest BCUT2D eigenvalue weighted by Gasteiger charge is 2.25. The number of benzene rings is 1. The molecule has 1 heterocycles. The van der Waals surface area contributed by atoms with Gasteiger partial charge >= 0.3 is 0 Å². The zero-order chi connectivity index (χ0) is 20.6. The largest absolute Gasteiger partial charge is 0.484 e. The SMILES string of the molecule is CCN(CC)C(=O)c1cn(C2CCC(NC(=O)COc3ccccc3)CC2)nn1. The van der Waals surface area contributed by atoms with Gasteiger partial charge in [-0.1, -0.05) is 23.4 Å². The number of hydrogen-bond acceptors (Lipinski definition) is 5. The molecule has 2 aromatic rings. The van der Waals surface area contributed by atoms with E-state index in [1.807, 2.05) is 44.2 Å². The maximum atomic E-state index is 12.4. The Hall–Kier alpha value is -2.90. The Morgan fingerprint density at radius 2 is 1.83 bits per heavy atom. The number of carbonyl (C=O) groups is 2. The summed E-state index contributed by atoms with van der Waals surface area (Å²) >= 11 is 0. The summed E-state index contributed by atoms with van der Waals surface area (Å²) in [6.45, 7) is 5.23. The maximum Gasteiger partial charge on any atom is 0.276 e. The van der Waals surface area contributed by atoms with Crippen LogP contribution in [0.3, 0.4) is 0 Å². The number of nitrogens with one attached hydrogen (secondary N) is 1. The van der Waals surface area contributed by atoms with Crippen LogP contribution in [0.25, 0.3) is 0 Å². The van der Waals surface area contributed by atoms with Gasteiger partial charge in [0, 0.05) is 19.1 Å². The Morgan fingerprint density at radius 3 is 2.48 bits per heavy atom. The predicted molar refractivity (Wildman–Crippen MR) is 109 cm³/mol. The van der Waals surface area contributed by atoms with Gasteiger partial charge < -0.3 is 15.0 Å². The second kappa shape index (κ2) is 10.0. The van der Waals surface area contributed by atoms with Crippen LogP contribution < -0.4 is 10.1 Å². The molecule has 1 N–H and O–H groups in total. The third-order valence-corrected chi connectivity index (χ3v) is 5.33. The van der Waals surface area contributed by atoms with E-state index in [0.717, 1.165) is 25.7 Å². The molecule has 0 atom stereocenters. The van der Waals surface area contributed by atoms with Gasteiger partial charge in [-0.3, -0.25) is 9.59 Å². The van der Waals surface area contributed by atoms with E-state index in [1.54, 1.807) is 15.8 Å². The van der Waals surface area contributed by atoms with E-state index in [4.69, 9.17) is 4.74 Å². The van der Waals surface area contributed by atoms with E-state index in [0.29, 0.717) is 24.5 Å². The second-order valence-corrected chi connectivity index (χ2v) is 7.24. The first-order valence-corrected chi connectivity index (χ1v) is 10.3. The third kappa shape index (κ3) is 5.56. The molecule has 0 radical (unpaired) electrons. The lowest BCUT2D eigenvalue weighted by atomic mass is 9.91. The zero-order valence-electron chi connectivity index (χ0n) is 17.1. The van der Waals surface area contributed by atoms with Gasteiger partial charge in [0.15, 0.2) is 12.3 Å². The van der Waals surface area contributed by atoms with Gasteiger partial charge in [-0.25, -0.2) is 4.68 Å². The molecule has 1 aliphatic rings. The van der Waals surface area contributed by atoms with Crippen LogP contribution in [0.2, 0.25) is 0 Å². The summed E-state index contributed by atoms with van der Waals surface area (Å²) in [6, 6.07) is 9.65. The van der Waals surface area contributed by atoms with Gasteiger partial charge in [-0.05, 0) is 51.7 Å². The zero-order valence-corrected chi connectivity index (χ0v) is 17.1. The molecule has 1 aromatic heterocycles. The van der Waals surface area contributed by atoms with Crippen LogP contribution >= 0.6 is 0 Å². The van der Waals surface area contributed by atoms with Gasteiger partial charge in [-0.15, -0.1) is 5.10 Å². The summed E-state index contributed by atoms with van der Waals surface area (Å²) in [6.07, 6.45) is 5.24. The van der Waals surface area contributed by atoms with Crippen molar-refractivity contribution in [3.63, 3.8) is 0 Å². The molecular formula is C21H29N5O3. The number of carbonyl (C=O) groups excluding carboxylic acids is 2. The topological polar surface area (TPSA) is 89.4 Å². The van der Waals surface area contributed by atoms with Crippen LogP contribution in [0.1, 0.15) is 56.1 Å². The predicted octanol–water partition coefficient (Wildman–Crippen LogP) is 2.44. The lowest BCUT2D eigenvalue weighted by Crippen LogP contribution is -2.40. The standard InChI is InChI=1S/C21H29N5O3/c1-3-25(4-2)21(28)19-14-26(24-23-19)17-12-10-16(11-13-17)22-20(27)15-29-18-8-6-5-7-9-18/h5-9,14,16-17H,3-4,10-13,15H2,1-2H3,(H,22,27). The summed E-state index contributed by atoms with van der Waals surface area (Å²) in [7, 11) is 0. The molecule has 0 bridgehead atoms. The summed E-state index contributed by atoms with van der Waals surface area (Å²) in [5.41, 5.74) is 0.391. The van der Waals surface area contributed by atoms with E-state index in [9.17, 15) is 9.59 Å². The lowest BCUT2D eigenvalue weighted by Gasteiger charge is -2.28. The minimum Gasteiger partial charge on any atom is -0.484 e. The molecule has 1 saturated carbocycles. The first-order chi connectivity index (χ1) is 14.1. The van der Waals surface area contributed by atoms with Crippen molar-refractivity contribution in [2.24, 2.45) is 0 Å². The van der Waals surface area contributed by atoms with Crippen LogP contribution in [0, 0.1) is 0 Å². The first-order valence-electron chi connectivity index (χ1n) is 10.3. The van der Waals surface area contributed by atoms with Crippen molar-refractivity contribution in [3.05, 3.63) is 42.2 Å². The molecule has 0 spiro atoms. The fourth-order valence-corrected chi connectivity index (χ4v) is 3.65. The second-order valence-electron chi connectivity index (χ2n) is 7.24. The fourth-order valence-electron chi connectivity index (χ4n) is 3.65. The third-order valence-electron chi connectivity index (χ3n) is 5.33. The van der Waals surface area contributed by atoms with E-state index < -0.39 is 0 Å². The molecule has 8 heteroatoms. The van der Waals surface area contributed by atoms with E-state index in [1.165, 1.54) is 0 Å². The fraction of sp³-hybridized carbons (Fsp3) is 0.524. The highest BCUT2D eigenvalue weighted by Crippen LogP contribution is 2.28. The van der Waals surface area contributed by atoms with Crippen LogP contribution in [-0.2, 0) is 4.79 Å². The normalized spacial score (nSPS) is 18.8. The summed E-state index contributed by atoms with van der Waals surface area (Å²) in [4.78, 5) is 26.3. The maximum absolute atomic E-state index is 12.4. The monoisotopic (exact) mass is 399 g/mol. The average Bonchev–Trinajstić information content (AvgIpc) is 3.25. The Labute approximate surface area is 171 Å². The molecule has 0 saturated heterocycles. The number of nitrogens with zero attached hydrogens (tertiary/aromatic N) is 4. The van der Waals surface area contributed by atoms with Gasteiger partial charge in [0.2, 0.25) is 0 Å². The molecule has 0 aliphatic heterocycles. The van der Waals surface area contributed by atoms with Crippen LogP contribution in [0.5, 0.6) is 5.75 Å². The minimum atomic E-state index is -0.106. The van der Waals surface area contributed by atoms with Gasteiger partial charge in [0.25, 0.3) is 11.8 Å². The molecule has 29 heavy (non-hydrogen) atoms. The van der Waals surface area contributed by atoms with Crippen molar-refractivity contribution >= 4 is 11.8 Å². The van der Waals surface area contributed by atoms with Crippen molar-refractivity contribution in [3.8, 4) is 5.75 Å². The summed E-state index contributed by atoms with van der Waals surface area (Å²) in [5, 5.41) is 11.3. The Kier molecular flexibility index (Phi) is 7.21. The van der Waals surface area contributed by atoms with Crippen LogP contribution in [0.4, 0.5) is 0 Å².